The molecule has 0 saturated heterocycles. The molecule has 0 spiro atoms. The molecule has 0 aliphatic carbocycles. The van der Waals surface area contributed by atoms with Crippen molar-refractivity contribution in [3.8, 4) is 11.5 Å². The highest BCUT2D eigenvalue weighted by Gasteiger charge is 2.33. The largest absolute Gasteiger partial charge is 0.497 e. The maximum atomic E-state index is 13.8. The van der Waals surface area contributed by atoms with Gasteiger partial charge in [-0.15, -0.1) is 0 Å². The van der Waals surface area contributed by atoms with Crippen LogP contribution in [0.2, 0.25) is 0 Å². The number of carboxylic acids is 1. The second-order valence-electron chi connectivity index (χ2n) is 6.91. The van der Waals surface area contributed by atoms with Gasteiger partial charge >= 0.3 is 5.97 Å². The number of carbonyl (C=O) groups is 2. The lowest BCUT2D eigenvalue weighted by Gasteiger charge is -2.22. The fourth-order valence-electron chi connectivity index (χ4n) is 3.37. The lowest BCUT2D eigenvalue weighted by Crippen LogP contribution is -2.27. The molecule has 8 heteroatoms. The predicted molar refractivity (Wildman–Crippen MR) is 108 cm³/mol. The summed E-state index contributed by atoms with van der Waals surface area (Å²) >= 11 is 0. The number of carboxylic acid groups (broad SMARTS) is 1. The average molecular weight is 414 g/mol. The maximum Gasteiger partial charge on any atom is 0.303 e. The van der Waals surface area contributed by atoms with Crippen molar-refractivity contribution >= 4 is 17.6 Å². The topological polar surface area (TPSA) is 88.4 Å². The lowest BCUT2D eigenvalue weighted by molar-refractivity contribution is -0.137. The molecule has 1 atom stereocenters. The standard InChI is InChI=1S/C22H23FN2O5/c1-29-17-10-15(11-18(12-17)30-2)19-13-20(14-5-3-6-16(23)9-14)25(24-19)21(26)7-4-8-22(27)28/h3,5-6,9-12,20H,4,7-8,13H2,1-2H3,(H,27,28)/t20-/m1/s1. The minimum absolute atomic E-state index is 0.0380. The number of carbonyl (C=O) groups excluding carboxylic acids is 1. The first-order chi connectivity index (χ1) is 14.4. The van der Waals surface area contributed by atoms with E-state index in [0.29, 0.717) is 29.2 Å². The van der Waals surface area contributed by atoms with E-state index < -0.39 is 17.8 Å². The molecular formula is C22H23FN2O5. The lowest BCUT2D eigenvalue weighted by atomic mass is 9.98. The van der Waals surface area contributed by atoms with Crippen LogP contribution in [-0.2, 0) is 9.59 Å². The third-order valence-corrected chi connectivity index (χ3v) is 4.87. The van der Waals surface area contributed by atoms with Crippen LogP contribution in [0.4, 0.5) is 4.39 Å². The molecule has 1 amide bonds. The quantitative estimate of drug-likeness (QED) is 0.710. The van der Waals surface area contributed by atoms with E-state index in [-0.39, 0.29) is 25.2 Å². The highest BCUT2D eigenvalue weighted by Crippen LogP contribution is 2.35. The summed E-state index contributed by atoms with van der Waals surface area (Å²) in [5.74, 6) is -0.502. The smallest absolute Gasteiger partial charge is 0.303 e. The molecule has 1 aliphatic rings. The number of aliphatic carboxylic acids is 1. The van der Waals surface area contributed by atoms with Crippen molar-refractivity contribution in [1.82, 2.24) is 5.01 Å². The van der Waals surface area contributed by atoms with Crippen molar-refractivity contribution in [2.45, 2.75) is 31.7 Å². The first-order valence-electron chi connectivity index (χ1n) is 9.51. The van der Waals surface area contributed by atoms with E-state index in [1.807, 2.05) is 0 Å². The normalized spacial score (nSPS) is 15.6. The van der Waals surface area contributed by atoms with Crippen LogP contribution >= 0.6 is 0 Å². The number of hydrazone groups is 1. The Hall–Kier alpha value is -3.42. The number of ether oxygens (including phenoxy) is 2. The van der Waals surface area contributed by atoms with E-state index in [1.165, 1.54) is 17.1 Å². The van der Waals surface area contributed by atoms with Crippen molar-refractivity contribution in [1.29, 1.82) is 0 Å². The van der Waals surface area contributed by atoms with Crippen LogP contribution in [0.3, 0.4) is 0 Å². The SMILES string of the molecule is COc1cc(OC)cc(C2=NN(C(=O)CCCC(=O)O)[C@@H](c3cccc(F)c3)C2)c1. The molecule has 2 aromatic carbocycles. The van der Waals surface area contributed by atoms with Crippen LogP contribution in [0.15, 0.2) is 47.6 Å². The molecule has 2 aromatic rings. The molecule has 0 saturated carbocycles. The monoisotopic (exact) mass is 414 g/mol. The van der Waals surface area contributed by atoms with Crippen molar-refractivity contribution in [3.63, 3.8) is 0 Å². The minimum atomic E-state index is -0.960. The van der Waals surface area contributed by atoms with Gasteiger partial charge in [-0.1, -0.05) is 12.1 Å². The molecule has 3 rings (SSSR count). The molecule has 1 N–H and O–H groups in total. The molecule has 0 fully saturated rings. The maximum absolute atomic E-state index is 13.8. The fourth-order valence-corrected chi connectivity index (χ4v) is 3.37. The van der Waals surface area contributed by atoms with Gasteiger partial charge in [-0.3, -0.25) is 9.59 Å². The van der Waals surface area contributed by atoms with Crippen LogP contribution < -0.4 is 9.47 Å². The zero-order valence-electron chi connectivity index (χ0n) is 16.8. The van der Waals surface area contributed by atoms with E-state index in [9.17, 15) is 14.0 Å². The summed E-state index contributed by atoms with van der Waals surface area (Å²) < 4.78 is 24.4. The summed E-state index contributed by atoms with van der Waals surface area (Å²) in [5, 5.41) is 14.7. The Morgan fingerprint density at radius 2 is 1.83 bits per heavy atom. The summed E-state index contributed by atoms with van der Waals surface area (Å²) in [7, 11) is 3.09. The summed E-state index contributed by atoms with van der Waals surface area (Å²) in [6.07, 6.45) is 0.521. The van der Waals surface area contributed by atoms with Gasteiger partial charge in [0.25, 0.3) is 0 Å². The Labute approximate surface area is 173 Å². The third kappa shape index (κ3) is 4.94. The van der Waals surface area contributed by atoms with E-state index >= 15 is 0 Å². The van der Waals surface area contributed by atoms with Crippen LogP contribution in [0, 0.1) is 5.82 Å². The zero-order valence-corrected chi connectivity index (χ0v) is 16.8. The van der Waals surface area contributed by atoms with Crippen molar-refractivity contribution < 1.29 is 28.6 Å². The van der Waals surface area contributed by atoms with Gasteiger partial charge in [0, 0.05) is 30.9 Å². The molecule has 0 radical (unpaired) electrons. The first kappa shape index (κ1) is 21.3. The molecule has 30 heavy (non-hydrogen) atoms. The van der Waals surface area contributed by atoms with Gasteiger partial charge < -0.3 is 14.6 Å². The van der Waals surface area contributed by atoms with E-state index in [0.717, 1.165) is 5.56 Å². The summed E-state index contributed by atoms with van der Waals surface area (Å²) in [4.78, 5) is 23.6. The van der Waals surface area contributed by atoms with Crippen LogP contribution in [-0.4, -0.2) is 41.9 Å². The molecule has 158 valence electrons. The van der Waals surface area contributed by atoms with E-state index in [1.54, 1.807) is 44.6 Å². The number of hydrogen-bond donors (Lipinski definition) is 1. The van der Waals surface area contributed by atoms with Crippen LogP contribution in [0.25, 0.3) is 0 Å². The summed E-state index contributed by atoms with van der Waals surface area (Å²) in [6, 6.07) is 10.9. The number of methoxy groups -OCH3 is 2. The second-order valence-corrected chi connectivity index (χ2v) is 6.91. The van der Waals surface area contributed by atoms with Gasteiger partial charge in [-0.05, 0) is 36.2 Å². The predicted octanol–water partition coefficient (Wildman–Crippen LogP) is 3.78. The highest BCUT2D eigenvalue weighted by molar-refractivity contribution is 6.03. The molecule has 1 heterocycles. The number of nitrogens with zero attached hydrogens (tertiary/aromatic N) is 2. The van der Waals surface area contributed by atoms with Crippen LogP contribution in [0.5, 0.6) is 11.5 Å². The third-order valence-electron chi connectivity index (χ3n) is 4.87. The van der Waals surface area contributed by atoms with Gasteiger partial charge in [0.15, 0.2) is 0 Å². The first-order valence-corrected chi connectivity index (χ1v) is 9.51. The molecule has 1 aliphatic heterocycles. The van der Waals surface area contributed by atoms with Crippen molar-refractivity contribution in [2.24, 2.45) is 5.10 Å². The Morgan fingerprint density at radius 1 is 1.13 bits per heavy atom. The van der Waals surface area contributed by atoms with Gasteiger partial charge in [-0.2, -0.15) is 5.10 Å². The fraction of sp³-hybridized carbons (Fsp3) is 0.318. The van der Waals surface area contributed by atoms with Crippen molar-refractivity contribution in [2.75, 3.05) is 14.2 Å². The Balaban J connectivity index is 1.93. The Bertz CT molecular complexity index is 954. The summed E-state index contributed by atoms with van der Waals surface area (Å²) in [6.45, 7) is 0. The number of rotatable bonds is 8. The number of halogens is 1. The van der Waals surface area contributed by atoms with Gasteiger partial charge in [0.05, 0.1) is 26.0 Å². The van der Waals surface area contributed by atoms with Gasteiger partial charge in [0.1, 0.15) is 17.3 Å². The number of benzene rings is 2. The molecular weight excluding hydrogens is 391 g/mol. The Morgan fingerprint density at radius 3 is 2.43 bits per heavy atom. The number of hydrogen-bond acceptors (Lipinski definition) is 5. The van der Waals surface area contributed by atoms with Gasteiger partial charge in [-0.25, -0.2) is 9.40 Å². The number of amides is 1. The second kappa shape index (κ2) is 9.39. The molecule has 7 nitrogen and oxygen atoms in total. The molecule has 0 unspecified atom stereocenters. The van der Waals surface area contributed by atoms with Gasteiger partial charge in [0.2, 0.25) is 5.91 Å². The van der Waals surface area contributed by atoms with E-state index in [2.05, 4.69) is 5.10 Å². The van der Waals surface area contributed by atoms with E-state index in [4.69, 9.17) is 14.6 Å². The average Bonchev–Trinajstić information content (AvgIpc) is 3.18. The summed E-state index contributed by atoms with van der Waals surface area (Å²) in [5.41, 5.74) is 1.98. The molecule has 0 bridgehead atoms. The minimum Gasteiger partial charge on any atom is -0.497 e. The molecule has 0 aromatic heterocycles. The Kier molecular flexibility index (Phi) is 6.66. The highest BCUT2D eigenvalue weighted by atomic mass is 19.1. The van der Waals surface area contributed by atoms with Crippen molar-refractivity contribution in [3.05, 3.63) is 59.4 Å². The zero-order chi connectivity index (χ0) is 21.7. The van der Waals surface area contributed by atoms with Crippen LogP contribution in [0.1, 0.15) is 42.9 Å².